The number of benzene rings is 1. The van der Waals surface area contributed by atoms with Gasteiger partial charge in [-0.25, -0.2) is 4.98 Å². The lowest BCUT2D eigenvalue weighted by molar-refractivity contribution is -0.118. The summed E-state index contributed by atoms with van der Waals surface area (Å²) < 4.78 is 1.38. The Labute approximate surface area is 157 Å². The molecule has 0 aliphatic heterocycles. The first-order valence-corrected chi connectivity index (χ1v) is 9.73. The molecule has 0 spiro atoms. The summed E-state index contributed by atoms with van der Waals surface area (Å²) in [5, 5.41) is 4.51. The van der Waals surface area contributed by atoms with E-state index in [-0.39, 0.29) is 18.0 Å². The van der Waals surface area contributed by atoms with Crippen molar-refractivity contribution in [3.05, 3.63) is 69.9 Å². The molecule has 3 aromatic heterocycles. The van der Waals surface area contributed by atoms with Gasteiger partial charge in [0.2, 0.25) is 5.91 Å². The highest BCUT2D eigenvalue weighted by Crippen LogP contribution is 2.33. The lowest BCUT2D eigenvalue weighted by Gasteiger charge is -2.17. The lowest BCUT2D eigenvalue weighted by atomic mass is 10.2. The number of rotatable bonds is 4. The number of para-hydroxylation sites is 1. The Morgan fingerprint density at radius 2 is 1.96 bits per heavy atom. The number of anilines is 1. The van der Waals surface area contributed by atoms with Crippen molar-refractivity contribution >= 4 is 44.5 Å². The molecule has 3 heterocycles. The Bertz CT molecular complexity index is 1110. The third kappa shape index (κ3) is 2.95. The fraction of sp³-hybridized carbons (Fsp3) is 0.105. The van der Waals surface area contributed by atoms with Crippen LogP contribution in [0.25, 0.3) is 20.7 Å². The van der Waals surface area contributed by atoms with E-state index in [1.54, 1.807) is 23.3 Å². The van der Waals surface area contributed by atoms with Gasteiger partial charge in [-0.15, -0.1) is 22.7 Å². The lowest BCUT2D eigenvalue weighted by Crippen LogP contribution is -2.34. The molecule has 7 heteroatoms. The van der Waals surface area contributed by atoms with Gasteiger partial charge in [0.1, 0.15) is 11.4 Å². The molecule has 26 heavy (non-hydrogen) atoms. The third-order valence-electron chi connectivity index (χ3n) is 4.17. The minimum absolute atomic E-state index is 0.0487. The number of amides is 1. The van der Waals surface area contributed by atoms with Crippen molar-refractivity contribution in [1.29, 1.82) is 0 Å². The highest BCUT2D eigenvalue weighted by atomic mass is 32.1. The van der Waals surface area contributed by atoms with Crippen molar-refractivity contribution in [2.45, 2.75) is 6.54 Å². The Morgan fingerprint density at radius 3 is 2.69 bits per heavy atom. The molecule has 0 N–H and O–H groups in total. The molecule has 1 aromatic carbocycles. The third-order valence-corrected chi connectivity index (χ3v) is 5.96. The van der Waals surface area contributed by atoms with Crippen LogP contribution in [0.3, 0.4) is 0 Å². The second-order valence-electron chi connectivity index (χ2n) is 5.77. The summed E-state index contributed by atoms with van der Waals surface area (Å²) in [7, 11) is 1.70. The molecule has 0 aliphatic rings. The molecule has 0 unspecified atom stereocenters. The number of carbonyl (C=O) groups is 1. The molecule has 5 nitrogen and oxygen atoms in total. The molecular formula is C19H15N3O2S2. The number of hydrogen-bond donors (Lipinski definition) is 0. The second kappa shape index (κ2) is 6.86. The summed E-state index contributed by atoms with van der Waals surface area (Å²) in [5.41, 5.74) is 1.49. The van der Waals surface area contributed by atoms with Crippen LogP contribution in [0.1, 0.15) is 0 Å². The minimum Gasteiger partial charge on any atom is -0.314 e. The highest BCUT2D eigenvalue weighted by Gasteiger charge is 2.17. The number of aromatic nitrogens is 2. The number of hydrogen-bond acceptors (Lipinski definition) is 5. The molecule has 0 aliphatic carbocycles. The first kappa shape index (κ1) is 16.7. The van der Waals surface area contributed by atoms with Crippen LogP contribution >= 0.6 is 22.7 Å². The molecular weight excluding hydrogens is 366 g/mol. The predicted octanol–water partition coefficient (Wildman–Crippen LogP) is 3.85. The second-order valence-corrected chi connectivity index (χ2v) is 7.58. The average Bonchev–Trinajstić information content (AvgIpc) is 3.33. The Hall–Kier alpha value is -2.77. The fourth-order valence-electron chi connectivity index (χ4n) is 2.74. The van der Waals surface area contributed by atoms with E-state index in [2.05, 4.69) is 4.98 Å². The van der Waals surface area contributed by atoms with Gasteiger partial charge in [0.25, 0.3) is 5.56 Å². The van der Waals surface area contributed by atoms with E-state index >= 15 is 0 Å². The van der Waals surface area contributed by atoms with Crippen LogP contribution in [0.15, 0.2) is 64.3 Å². The van der Waals surface area contributed by atoms with E-state index in [0.717, 1.165) is 16.1 Å². The van der Waals surface area contributed by atoms with Crippen molar-refractivity contribution in [3.63, 3.8) is 0 Å². The van der Waals surface area contributed by atoms with E-state index in [0.29, 0.717) is 10.2 Å². The SMILES string of the molecule is CN(C(=O)Cn1cnc2scc(-c3cccs3)c2c1=O)c1ccccc1. The van der Waals surface area contributed by atoms with Crippen LogP contribution in [0.2, 0.25) is 0 Å². The largest absolute Gasteiger partial charge is 0.314 e. The molecule has 0 fully saturated rings. The van der Waals surface area contributed by atoms with Gasteiger partial charge in [-0.2, -0.15) is 0 Å². The Morgan fingerprint density at radius 1 is 1.15 bits per heavy atom. The van der Waals surface area contributed by atoms with Crippen molar-refractivity contribution < 1.29 is 4.79 Å². The molecule has 4 aromatic rings. The van der Waals surface area contributed by atoms with Gasteiger partial charge in [0, 0.05) is 28.6 Å². The van der Waals surface area contributed by atoms with E-state index in [1.807, 2.05) is 53.2 Å². The standard InChI is InChI=1S/C19H15N3O2S2/c1-21(13-6-3-2-4-7-13)16(23)10-22-12-20-18-17(19(22)24)14(11-26-18)15-8-5-9-25-15/h2-9,11-12H,10H2,1H3. The van der Waals surface area contributed by atoms with Crippen molar-refractivity contribution in [2.24, 2.45) is 0 Å². The number of thiophene rings is 2. The van der Waals surface area contributed by atoms with Gasteiger partial charge in [-0.3, -0.25) is 14.2 Å². The highest BCUT2D eigenvalue weighted by molar-refractivity contribution is 7.18. The van der Waals surface area contributed by atoms with Crippen LogP contribution in [0.4, 0.5) is 5.69 Å². The fourth-order valence-corrected chi connectivity index (χ4v) is 4.46. The molecule has 0 saturated heterocycles. The van der Waals surface area contributed by atoms with E-state index in [9.17, 15) is 9.59 Å². The summed E-state index contributed by atoms with van der Waals surface area (Å²) in [6.45, 7) is -0.0487. The van der Waals surface area contributed by atoms with Crippen LogP contribution in [0, 0.1) is 0 Å². The maximum absolute atomic E-state index is 13.0. The zero-order valence-electron chi connectivity index (χ0n) is 14.0. The summed E-state index contributed by atoms with van der Waals surface area (Å²) in [5.74, 6) is -0.174. The summed E-state index contributed by atoms with van der Waals surface area (Å²) >= 11 is 3.03. The number of likely N-dealkylation sites (N-methyl/N-ethyl adjacent to an activating group) is 1. The maximum Gasteiger partial charge on any atom is 0.263 e. The van der Waals surface area contributed by atoms with Crippen LogP contribution in [-0.4, -0.2) is 22.5 Å². The quantitative estimate of drug-likeness (QED) is 0.540. The van der Waals surface area contributed by atoms with Gasteiger partial charge in [-0.1, -0.05) is 24.3 Å². The molecule has 0 bridgehead atoms. The normalized spacial score (nSPS) is 11.0. The molecule has 130 valence electrons. The summed E-state index contributed by atoms with van der Waals surface area (Å²) in [6, 6.07) is 13.3. The smallest absolute Gasteiger partial charge is 0.263 e. The van der Waals surface area contributed by atoms with Gasteiger partial charge >= 0.3 is 0 Å². The molecule has 0 radical (unpaired) electrons. The zero-order valence-corrected chi connectivity index (χ0v) is 15.6. The van der Waals surface area contributed by atoms with Gasteiger partial charge in [0.15, 0.2) is 0 Å². The Balaban J connectivity index is 1.69. The molecule has 1 amide bonds. The van der Waals surface area contributed by atoms with Crippen molar-refractivity contribution in [1.82, 2.24) is 9.55 Å². The van der Waals surface area contributed by atoms with E-state index in [4.69, 9.17) is 0 Å². The number of fused-ring (bicyclic) bond motifs is 1. The van der Waals surface area contributed by atoms with Crippen LogP contribution < -0.4 is 10.5 Å². The Kier molecular flexibility index (Phi) is 4.40. The van der Waals surface area contributed by atoms with Gasteiger partial charge in [0.05, 0.1) is 11.7 Å². The van der Waals surface area contributed by atoms with Crippen LogP contribution in [-0.2, 0) is 11.3 Å². The molecule has 0 saturated carbocycles. The number of nitrogens with zero attached hydrogens (tertiary/aromatic N) is 3. The predicted molar refractivity (Wildman–Crippen MR) is 107 cm³/mol. The first-order valence-electron chi connectivity index (χ1n) is 7.97. The maximum atomic E-state index is 13.0. The topological polar surface area (TPSA) is 55.2 Å². The van der Waals surface area contributed by atoms with Crippen molar-refractivity contribution in [2.75, 3.05) is 11.9 Å². The minimum atomic E-state index is -0.186. The van der Waals surface area contributed by atoms with Gasteiger partial charge < -0.3 is 4.90 Å². The van der Waals surface area contributed by atoms with E-state index < -0.39 is 0 Å². The number of carbonyl (C=O) groups excluding carboxylic acids is 1. The molecule has 0 atom stereocenters. The first-order chi connectivity index (χ1) is 12.6. The average molecular weight is 381 g/mol. The van der Waals surface area contributed by atoms with E-state index in [1.165, 1.54) is 22.2 Å². The van der Waals surface area contributed by atoms with Gasteiger partial charge in [-0.05, 0) is 23.6 Å². The monoisotopic (exact) mass is 381 g/mol. The van der Waals surface area contributed by atoms with Crippen molar-refractivity contribution in [3.8, 4) is 10.4 Å². The van der Waals surface area contributed by atoms with Crippen LogP contribution in [0.5, 0.6) is 0 Å². The zero-order chi connectivity index (χ0) is 18.1. The summed E-state index contributed by atoms with van der Waals surface area (Å²) in [6.07, 6.45) is 1.45. The summed E-state index contributed by atoms with van der Waals surface area (Å²) in [4.78, 5) is 33.2. The molecule has 4 rings (SSSR count).